The second-order valence-electron chi connectivity index (χ2n) is 4.18. The minimum absolute atomic E-state index is 0.0143. The van der Waals surface area contributed by atoms with Gasteiger partial charge < -0.3 is 9.47 Å². The van der Waals surface area contributed by atoms with E-state index in [0.29, 0.717) is 11.3 Å². The van der Waals surface area contributed by atoms with E-state index in [0.717, 1.165) is 0 Å². The molecular formula is C14H15N3O4. The van der Waals surface area contributed by atoms with E-state index in [2.05, 4.69) is 10.3 Å². The van der Waals surface area contributed by atoms with Gasteiger partial charge >= 0.3 is 5.97 Å². The van der Waals surface area contributed by atoms with Gasteiger partial charge in [-0.1, -0.05) is 17.3 Å². The molecule has 0 radical (unpaired) electrons. The van der Waals surface area contributed by atoms with Gasteiger partial charge in [-0.2, -0.15) is 0 Å². The number of rotatable bonds is 6. The van der Waals surface area contributed by atoms with Crippen LogP contribution >= 0.6 is 0 Å². The summed E-state index contributed by atoms with van der Waals surface area (Å²) in [5.41, 5.74) is 0.581. The number of ether oxygens (including phenoxy) is 2. The van der Waals surface area contributed by atoms with E-state index in [4.69, 9.17) is 9.47 Å². The molecule has 1 aromatic carbocycles. The van der Waals surface area contributed by atoms with E-state index in [1.54, 1.807) is 31.2 Å². The third-order valence-electron chi connectivity index (χ3n) is 2.72. The highest BCUT2D eigenvalue weighted by Gasteiger charge is 2.14. The Morgan fingerprint density at radius 3 is 2.86 bits per heavy atom. The SMILES string of the molecule is CCOC(=O)c1cn(CC(=O)c2cccc(OC)c2)nn1. The Hall–Kier alpha value is -2.70. The molecule has 0 aliphatic rings. The van der Waals surface area contributed by atoms with Crippen molar-refractivity contribution in [3.63, 3.8) is 0 Å². The Balaban J connectivity index is 2.07. The molecule has 7 heteroatoms. The number of Topliss-reactive ketones (excluding diaryl/α,β-unsaturated/α-hetero) is 1. The molecule has 0 atom stereocenters. The molecule has 0 aliphatic heterocycles. The van der Waals surface area contributed by atoms with Crippen LogP contribution in [0.4, 0.5) is 0 Å². The summed E-state index contributed by atoms with van der Waals surface area (Å²) in [6.07, 6.45) is 1.38. The van der Waals surface area contributed by atoms with Crippen LogP contribution < -0.4 is 4.74 Å². The van der Waals surface area contributed by atoms with Gasteiger partial charge in [0.05, 0.1) is 19.9 Å². The third kappa shape index (κ3) is 3.65. The maximum Gasteiger partial charge on any atom is 0.360 e. The van der Waals surface area contributed by atoms with Crippen LogP contribution in [0.5, 0.6) is 5.75 Å². The summed E-state index contributed by atoms with van der Waals surface area (Å²) in [5, 5.41) is 7.42. The first-order valence-electron chi connectivity index (χ1n) is 6.38. The number of ketones is 1. The van der Waals surface area contributed by atoms with E-state index in [9.17, 15) is 9.59 Å². The summed E-state index contributed by atoms with van der Waals surface area (Å²) in [4.78, 5) is 23.6. The molecule has 0 unspecified atom stereocenters. The van der Waals surface area contributed by atoms with Gasteiger partial charge in [-0.15, -0.1) is 5.10 Å². The van der Waals surface area contributed by atoms with Crippen molar-refractivity contribution in [3.05, 3.63) is 41.7 Å². The number of nitrogens with zero attached hydrogens (tertiary/aromatic N) is 3. The minimum atomic E-state index is -0.558. The normalized spacial score (nSPS) is 10.2. The lowest BCUT2D eigenvalue weighted by molar-refractivity contribution is 0.0519. The van der Waals surface area contributed by atoms with Crippen LogP contribution in [0.3, 0.4) is 0 Å². The molecule has 0 aliphatic carbocycles. The van der Waals surface area contributed by atoms with Crippen molar-refractivity contribution in [2.75, 3.05) is 13.7 Å². The highest BCUT2D eigenvalue weighted by Crippen LogP contribution is 2.13. The van der Waals surface area contributed by atoms with E-state index < -0.39 is 5.97 Å². The molecule has 0 amide bonds. The van der Waals surface area contributed by atoms with Crippen LogP contribution in [0.25, 0.3) is 0 Å². The number of benzene rings is 1. The highest BCUT2D eigenvalue weighted by atomic mass is 16.5. The summed E-state index contributed by atoms with van der Waals surface area (Å²) in [5.74, 6) is -0.113. The molecule has 1 heterocycles. The minimum Gasteiger partial charge on any atom is -0.497 e. The lowest BCUT2D eigenvalue weighted by Gasteiger charge is -2.03. The second-order valence-corrected chi connectivity index (χ2v) is 4.18. The Kier molecular flexibility index (Phi) is 4.65. The molecule has 1 aromatic heterocycles. The lowest BCUT2D eigenvalue weighted by Crippen LogP contribution is -2.11. The quantitative estimate of drug-likeness (QED) is 0.589. The maximum atomic E-state index is 12.1. The number of esters is 1. The predicted molar refractivity (Wildman–Crippen MR) is 73.3 cm³/mol. The summed E-state index contributed by atoms with van der Waals surface area (Å²) >= 11 is 0. The van der Waals surface area contributed by atoms with Crippen LogP contribution in [-0.4, -0.2) is 40.5 Å². The Labute approximate surface area is 121 Å². The van der Waals surface area contributed by atoms with Crippen LogP contribution in [0, 0.1) is 0 Å². The zero-order valence-corrected chi connectivity index (χ0v) is 11.8. The van der Waals surface area contributed by atoms with Crippen molar-refractivity contribution in [2.45, 2.75) is 13.5 Å². The number of hydrogen-bond donors (Lipinski definition) is 0. The predicted octanol–water partition coefficient (Wildman–Crippen LogP) is 1.35. The van der Waals surface area contributed by atoms with Gasteiger partial charge in [-0.25, -0.2) is 9.48 Å². The first-order chi connectivity index (χ1) is 10.1. The van der Waals surface area contributed by atoms with Gasteiger partial charge in [-0.3, -0.25) is 4.79 Å². The van der Waals surface area contributed by atoms with E-state index in [1.165, 1.54) is 18.0 Å². The van der Waals surface area contributed by atoms with Gasteiger partial charge in [0.15, 0.2) is 11.5 Å². The van der Waals surface area contributed by atoms with Crippen LogP contribution in [0.15, 0.2) is 30.5 Å². The number of hydrogen-bond acceptors (Lipinski definition) is 6. The zero-order valence-electron chi connectivity index (χ0n) is 11.8. The molecule has 21 heavy (non-hydrogen) atoms. The van der Waals surface area contributed by atoms with Crippen molar-refractivity contribution in [1.29, 1.82) is 0 Å². The van der Waals surface area contributed by atoms with Crippen molar-refractivity contribution >= 4 is 11.8 Å². The number of carbonyl (C=O) groups excluding carboxylic acids is 2. The van der Waals surface area contributed by atoms with Crippen LogP contribution in [-0.2, 0) is 11.3 Å². The van der Waals surface area contributed by atoms with Crippen LogP contribution in [0.2, 0.25) is 0 Å². The standard InChI is InChI=1S/C14H15N3O4/c1-3-21-14(19)12-8-17(16-15-12)9-13(18)10-5-4-6-11(7-10)20-2/h4-8H,3,9H2,1-2H3. The lowest BCUT2D eigenvalue weighted by atomic mass is 10.1. The smallest absolute Gasteiger partial charge is 0.360 e. The van der Waals surface area contributed by atoms with E-state index >= 15 is 0 Å². The van der Waals surface area contributed by atoms with E-state index in [1.807, 2.05) is 0 Å². The van der Waals surface area contributed by atoms with Gasteiger partial charge in [0.2, 0.25) is 0 Å². The van der Waals surface area contributed by atoms with Crippen molar-refractivity contribution in [1.82, 2.24) is 15.0 Å². The fourth-order valence-electron chi connectivity index (χ4n) is 1.71. The highest BCUT2D eigenvalue weighted by molar-refractivity contribution is 5.96. The van der Waals surface area contributed by atoms with Gasteiger partial charge in [0, 0.05) is 5.56 Å². The molecule has 2 rings (SSSR count). The van der Waals surface area contributed by atoms with E-state index in [-0.39, 0.29) is 24.6 Å². The van der Waals surface area contributed by atoms with Gasteiger partial charge in [0.1, 0.15) is 12.3 Å². The third-order valence-corrected chi connectivity index (χ3v) is 2.72. The molecule has 0 spiro atoms. The molecule has 0 saturated carbocycles. The molecule has 0 bridgehead atoms. The molecule has 0 fully saturated rings. The van der Waals surface area contributed by atoms with Crippen molar-refractivity contribution < 1.29 is 19.1 Å². The van der Waals surface area contributed by atoms with Crippen LogP contribution in [0.1, 0.15) is 27.8 Å². The second kappa shape index (κ2) is 6.65. The topological polar surface area (TPSA) is 83.3 Å². The van der Waals surface area contributed by atoms with Gasteiger partial charge in [0.25, 0.3) is 0 Å². The molecular weight excluding hydrogens is 274 g/mol. The Bertz CT molecular complexity index is 651. The Morgan fingerprint density at radius 2 is 2.14 bits per heavy atom. The molecule has 0 saturated heterocycles. The van der Waals surface area contributed by atoms with Crippen molar-refractivity contribution in [3.8, 4) is 5.75 Å². The average Bonchev–Trinajstić information content (AvgIpc) is 2.96. The Morgan fingerprint density at radius 1 is 1.33 bits per heavy atom. The molecule has 110 valence electrons. The molecule has 2 aromatic rings. The zero-order chi connectivity index (χ0) is 15.2. The van der Waals surface area contributed by atoms with Gasteiger partial charge in [-0.05, 0) is 19.1 Å². The average molecular weight is 289 g/mol. The number of aromatic nitrogens is 3. The summed E-state index contributed by atoms with van der Waals surface area (Å²) in [6, 6.07) is 6.82. The first kappa shape index (κ1) is 14.7. The molecule has 7 nitrogen and oxygen atoms in total. The number of methoxy groups -OCH3 is 1. The monoisotopic (exact) mass is 289 g/mol. The largest absolute Gasteiger partial charge is 0.497 e. The molecule has 0 N–H and O–H groups in total. The fourth-order valence-corrected chi connectivity index (χ4v) is 1.71. The first-order valence-corrected chi connectivity index (χ1v) is 6.38. The summed E-state index contributed by atoms with van der Waals surface area (Å²) < 4.78 is 11.2. The van der Waals surface area contributed by atoms with Crippen molar-refractivity contribution in [2.24, 2.45) is 0 Å². The number of carbonyl (C=O) groups is 2. The fraction of sp³-hybridized carbons (Fsp3) is 0.286. The summed E-state index contributed by atoms with van der Waals surface area (Å²) in [7, 11) is 1.53. The maximum absolute atomic E-state index is 12.1. The summed E-state index contributed by atoms with van der Waals surface area (Å²) in [6.45, 7) is 1.95.